The third kappa shape index (κ3) is 3.79. The van der Waals surface area contributed by atoms with Gasteiger partial charge in [0.1, 0.15) is 13.2 Å². The molecule has 1 atom stereocenters. The molecule has 1 amide bonds. The second-order valence-electron chi connectivity index (χ2n) is 7.41. The fraction of sp³-hybridized carbons (Fsp3) is 0.200. The van der Waals surface area contributed by atoms with Crippen molar-refractivity contribution in [2.75, 3.05) is 13.2 Å². The van der Waals surface area contributed by atoms with E-state index in [4.69, 9.17) is 4.74 Å². The molecule has 0 saturated carbocycles. The number of hydrogen-bond acceptors (Lipinski definition) is 3. The largest absolute Gasteiger partial charge is 0.480 e. The lowest BCUT2D eigenvalue weighted by molar-refractivity contribution is -0.138. The van der Waals surface area contributed by atoms with Gasteiger partial charge in [-0.1, -0.05) is 78.9 Å². The molecule has 4 rings (SSSR count). The van der Waals surface area contributed by atoms with Gasteiger partial charge >= 0.3 is 12.1 Å². The van der Waals surface area contributed by atoms with Crippen molar-refractivity contribution in [3.63, 3.8) is 0 Å². The zero-order chi connectivity index (χ0) is 21.1. The molecule has 152 valence electrons. The fourth-order valence-electron chi connectivity index (χ4n) is 4.09. The van der Waals surface area contributed by atoms with Crippen LogP contribution in [-0.4, -0.2) is 35.2 Å². The summed E-state index contributed by atoms with van der Waals surface area (Å²) in [6, 6.07) is 25.1. The molecule has 0 spiro atoms. The van der Waals surface area contributed by atoms with Crippen LogP contribution in [0, 0.1) is 0 Å². The van der Waals surface area contributed by atoms with Crippen LogP contribution in [-0.2, 0) is 9.53 Å². The van der Waals surface area contributed by atoms with E-state index in [9.17, 15) is 14.7 Å². The molecule has 0 bridgehead atoms. The topological polar surface area (TPSA) is 66.8 Å². The van der Waals surface area contributed by atoms with Crippen LogP contribution in [0.1, 0.15) is 35.6 Å². The second kappa shape index (κ2) is 8.41. The van der Waals surface area contributed by atoms with Gasteiger partial charge in [-0.3, -0.25) is 9.69 Å². The summed E-state index contributed by atoms with van der Waals surface area (Å²) in [5.74, 6) is -1.15. The van der Waals surface area contributed by atoms with Crippen molar-refractivity contribution in [3.05, 3.63) is 95.6 Å². The zero-order valence-corrected chi connectivity index (χ0v) is 16.7. The van der Waals surface area contributed by atoms with Crippen LogP contribution in [0.5, 0.6) is 0 Å². The van der Waals surface area contributed by atoms with Crippen LogP contribution < -0.4 is 0 Å². The van der Waals surface area contributed by atoms with Crippen LogP contribution in [0.2, 0.25) is 0 Å². The fourth-order valence-corrected chi connectivity index (χ4v) is 4.09. The third-order valence-electron chi connectivity index (χ3n) is 5.63. The highest BCUT2D eigenvalue weighted by Gasteiger charge is 2.31. The number of nitrogens with zero attached hydrogens (tertiary/aromatic N) is 1. The number of benzene rings is 3. The SMILES string of the molecule is C[C@@H](c1ccccc1)N(CC(=O)O)C(=O)OCC1c2ccccc2-c2ccccc21. The Kier molecular flexibility index (Phi) is 5.53. The highest BCUT2D eigenvalue weighted by Crippen LogP contribution is 2.44. The van der Waals surface area contributed by atoms with Gasteiger partial charge in [0.25, 0.3) is 0 Å². The van der Waals surface area contributed by atoms with Gasteiger partial charge in [-0.25, -0.2) is 4.79 Å². The Balaban J connectivity index is 1.54. The van der Waals surface area contributed by atoms with Gasteiger partial charge < -0.3 is 9.84 Å². The Bertz CT molecular complexity index is 1020. The number of carboxylic acid groups (broad SMARTS) is 1. The number of rotatable bonds is 6. The molecule has 1 N–H and O–H groups in total. The summed E-state index contributed by atoms with van der Waals surface area (Å²) >= 11 is 0. The molecule has 0 radical (unpaired) electrons. The normalized spacial score (nSPS) is 13.2. The Morgan fingerprint density at radius 1 is 0.900 bits per heavy atom. The average Bonchev–Trinajstić information content (AvgIpc) is 3.09. The predicted molar refractivity (Wildman–Crippen MR) is 114 cm³/mol. The second-order valence-corrected chi connectivity index (χ2v) is 7.41. The van der Waals surface area contributed by atoms with E-state index < -0.39 is 24.6 Å². The van der Waals surface area contributed by atoms with Gasteiger partial charge in [0, 0.05) is 5.92 Å². The van der Waals surface area contributed by atoms with Gasteiger partial charge in [0.15, 0.2) is 0 Å². The molecule has 0 aliphatic heterocycles. The van der Waals surface area contributed by atoms with E-state index in [1.54, 1.807) is 6.92 Å². The number of carbonyl (C=O) groups excluding carboxylic acids is 1. The standard InChI is InChI=1S/C25H23NO4/c1-17(18-9-3-2-4-10-18)26(15-24(27)28)25(29)30-16-23-21-13-7-5-11-19(21)20-12-6-8-14-22(20)23/h2-14,17,23H,15-16H2,1H3,(H,27,28)/t17-/m0/s1. The summed E-state index contributed by atoms with van der Waals surface area (Å²) in [6.07, 6.45) is -0.629. The van der Waals surface area contributed by atoms with Crippen LogP contribution in [0.25, 0.3) is 11.1 Å². The predicted octanol–water partition coefficient (Wildman–Crippen LogP) is 5.08. The van der Waals surface area contributed by atoms with E-state index in [2.05, 4.69) is 24.3 Å². The summed E-state index contributed by atoms with van der Waals surface area (Å²) in [7, 11) is 0. The zero-order valence-electron chi connectivity index (χ0n) is 16.7. The molecule has 5 heteroatoms. The van der Waals surface area contributed by atoms with E-state index in [0.717, 1.165) is 27.8 Å². The molecule has 0 fully saturated rings. The molecule has 30 heavy (non-hydrogen) atoms. The van der Waals surface area contributed by atoms with Crippen LogP contribution >= 0.6 is 0 Å². The first-order valence-corrected chi connectivity index (χ1v) is 9.94. The van der Waals surface area contributed by atoms with Crippen molar-refractivity contribution in [1.29, 1.82) is 0 Å². The Labute approximate surface area is 175 Å². The van der Waals surface area contributed by atoms with Gasteiger partial charge in [0.05, 0.1) is 6.04 Å². The Morgan fingerprint density at radius 3 is 2.00 bits per heavy atom. The molecule has 3 aromatic carbocycles. The maximum atomic E-state index is 12.9. The van der Waals surface area contributed by atoms with Gasteiger partial charge in [0.2, 0.25) is 0 Å². The lowest BCUT2D eigenvalue weighted by Crippen LogP contribution is -2.38. The van der Waals surface area contributed by atoms with Crippen LogP contribution in [0.4, 0.5) is 4.79 Å². The molecule has 0 unspecified atom stereocenters. The smallest absolute Gasteiger partial charge is 0.410 e. The Hall–Kier alpha value is -3.60. The quantitative estimate of drug-likeness (QED) is 0.625. The lowest BCUT2D eigenvalue weighted by atomic mass is 9.98. The first-order chi connectivity index (χ1) is 14.6. The maximum absolute atomic E-state index is 12.9. The van der Waals surface area contributed by atoms with E-state index in [1.807, 2.05) is 54.6 Å². The van der Waals surface area contributed by atoms with Crippen LogP contribution in [0.15, 0.2) is 78.9 Å². The van der Waals surface area contributed by atoms with Crippen molar-refractivity contribution in [2.24, 2.45) is 0 Å². The van der Waals surface area contributed by atoms with Crippen molar-refractivity contribution in [2.45, 2.75) is 18.9 Å². The minimum atomic E-state index is -1.08. The molecule has 0 heterocycles. The minimum Gasteiger partial charge on any atom is -0.480 e. The van der Waals surface area contributed by atoms with Crippen molar-refractivity contribution in [1.82, 2.24) is 4.90 Å². The Morgan fingerprint density at radius 2 is 1.43 bits per heavy atom. The number of ether oxygens (including phenoxy) is 1. The molecule has 1 aliphatic rings. The molecule has 0 aromatic heterocycles. The summed E-state index contributed by atoms with van der Waals surface area (Å²) in [6.45, 7) is 1.54. The summed E-state index contributed by atoms with van der Waals surface area (Å²) < 4.78 is 5.67. The first-order valence-electron chi connectivity index (χ1n) is 9.94. The first kappa shape index (κ1) is 19.7. The number of carbonyl (C=O) groups is 2. The lowest BCUT2D eigenvalue weighted by Gasteiger charge is -2.28. The molecular formula is C25H23NO4. The average molecular weight is 401 g/mol. The highest BCUT2D eigenvalue weighted by atomic mass is 16.6. The number of fused-ring (bicyclic) bond motifs is 3. The monoisotopic (exact) mass is 401 g/mol. The van der Waals surface area contributed by atoms with E-state index in [-0.39, 0.29) is 12.5 Å². The van der Waals surface area contributed by atoms with Gasteiger partial charge in [-0.05, 0) is 34.7 Å². The molecule has 1 aliphatic carbocycles. The van der Waals surface area contributed by atoms with Gasteiger partial charge in [-0.2, -0.15) is 0 Å². The maximum Gasteiger partial charge on any atom is 0.410 e. The summed E-state index contributed by atoms with van der Waals surface area (Å²) in [4.78, 5) is 25.6. The van der Waals surface area contributed by atoms with Gasteiger partial charge in [-0.15, -0.1) is 0 Å². The van der Waals surface area contributed by atoms with Crippen molar-refractivity contribution < 1.29 is 19.4 Å². The number of amides is 1. The number of hydrogen-bond donors (Lipinski definition) is 1. The summed E-state index contributed by atoms with van der Waals surface area (Å²) in [5, 5.41) is 9.32. The molecule has 3 aromatic rings. The van der Waals surface area contributed by atoms with Crippen molar-refractivity contribution in [3.8, 4) is 11.1 Å². The molecular weight excluding hydrogens is 378 g/mol. The molecule has 5 nitrogen and oxygen atoms in total. The van der Waals surface area contributed by atoms with E-state index in [1.165, 1.54) is 4.90 Å². The van der Waals surface area contributed by atoms with Crippen molar-refractivity contribution >= 4 is 12.1 Å². The third-order valence-corrected chi connectivity index (χ3v) is 5.63. The highest BCUT2D eigenvalue weighted by molar-refractivity contribution is 5.80. The minimum absolute atomic E-state index is 0.0694. The number of carboxylic acids is 1. The number of aliphatic carboxylic acids is 1. The molecule has 0 saturated heterocycles. The van der Waals surface area contributed by atoms with E-state index >= 15 is 0 Å². The summed E-state index contributed by atoms with van der Waals surface area (Å²) in [5.41, 5.74) is 5.38. The van der Waals surface area contributed by atoms with Crippen LogP contribution in [0.3, 0.4) is 0 Å². The van der Waals surface area contributed by atoms with E-state index in [0.29, 0.717) is 0 Å².